The van der Waals surface area contributed by atoms with Crippen LogP contribution in [0.3, 0.4) is 0 Å². The first-order valence-electron chi connectivity index (χ1n) is 11.3. The van der Waals surface area contributed by atoms with Crippen molar-refractivity contribution in [3.63, 3.8) is 0 Å². The van der Waals surface area contributed by atoms with Crippen molar-refractivity contribution >= 4 is 33.4 Å². The second-order valence-electron chi connectivity index (χ2n) is 8.15. The number of rotatable bonds is 8. The van der Waals surface area contributed by atoms with Gasteiger partial charge in [0, 0.05) is 16.6 Å². The van der Waals surface area contributed by atoms with Crippen LogP contribution in [0.1, 0.15) is 36.1 Å². The lowest BCUT2D eigenvalue weighted by Gasteiger charge is -2.25. The maximum atomic E-state index is 13.2. The zero-order valence-electron chi connectivity index (χ0n) is 18.9. The molecular weight excluding hydrogens is 494 g/mol. The Bertz CT molecular complexity index is 1190. The molecule has 1 fully saturated rings. The Labute approximate surface area is 207 Å². The second kappa shape index (κ2) is 10.7. The first-order chi connectivity index (χ1) is 16.5. The van der Waals surface area contributed by atoms with Crippen LogP contribution in [0, 0.1) is 0 Å². The number of ether oxygens (including phenoxy) is 1. The molecule has 4 rings (SSSR count). The maximum absolute atomic E-state index is 13.2. The minimum absolute atomic E-state index is 0.0996. The number of nitrogens with zero attached hydrogens (tertiary/aromatic N) is 1. The first-order valence-corrected chi connectivity index (χ1v) is 12.1. The molecule has 1 aliphatic heterocycles. The van der Waals surface area contributed by atoms with Crippen molar-refractivity contribution < 1.29 is 19.4 Å². The number of hydrogen-bond donors (Lipinski definition) is 1. The van der Waals surface area contributed by atoms with Crippen LogP contribution in [0.4, 0.5) is 0 Å². The molecule has 1 amide bonds. The average Bonchev–Trinajstić information content (AvgIpc) is 3.12. The molecule has 0 aromatic heterocycles. The van der Waals surface area contributed by atoms with Crippen molar-refractivity contribution in [3.05, 3.63) is 106 Å². The molecule has 0 aliphatic carbocycles. The topological polar surface area (TPSA) is 66.8 Å². The zero-order chi connectivity index (χ0) is 24.1. The summed E-state index contributed by atoms with van der Waals surface area (Å²) in [7, 11) is 0. The Kier molecular flexibility index (Phi) is 7.48. The van der Waals surface area contributed by atoms with Gasteiger partial charge in [-0.15, -0.1) is 0 Å². The molecule has 6 heteroatoms. The Balaban J connectivity index is 1.72. The summed E-state index contributed by atoms with van der Waals surface area (Å²) in [6, 6.07) is 23.5. The molecule has 5 nitrogen and oxygen atoms in total. The lowest BCUT2D eigenvalue weighted by molar-refractivity contribution is -0.139. The third-order valence-electron chi connectivity index (χ3n) is 5.81. The van der Waals surface area contributed by atoms with E-state index in [0.717, 1.165) is 22.0 Å². The average molecular weight is 520 g/mol. The van der Waals surface area contributed by atoms with Gasteiger partial charge < -0.3 is 14.7 Å². The fraction of sp³-hybridized carbons (Fsp3) is 0.214. The number of aliphatic hydroxyl groups is 1. The third-order valence-corrected chi connectivity index (χ3v) is 6.34. The van der Waals surface area contributed by atoms with Crippen LogP contribution in [0.5, 0.6) is 5.75 Å². The van der Waals surface area contributed by atoms with E-state index in [9.17, 15) is 14.7 Å². The number of benzene rings is 3. The van der Waals surface area contributed by atoms with E-state index in [1.807, 2.05) is 61.5 Å². The standard InChI is InChI=1S/C28H26BrNO4/c1-2-18-34-23-14-10-21(11-15-23)26(31)24-25(20-8-12-22(29)13-9-20)30(28(33)27(24)32)17-16-19-6-4-3-5-7-19/h3-15,25,31H,2,16-18H2,1H3/b26-24+. The number of likely N-dealkylation sites (tertiary alicyclic amines) is 1. The smallest absolute Gasteiger partial charge is 0.295 e. The van der Waals surface area contributed by atoms with E-state index in [1.54, 1.807) is 29.2 Å². The number of carbonyl (C=O) groups is 2. The summed E-state index contributed by atoms with van der Waals surface area (Å²) < 4.78 is 6.50. The van der Waals surface area contributed by atoms with Crippen molar-refractivity contribution in [1.29, 1.82) is 0 Å². The molecule has 174 valence electrons. The maximum Gasteiger partial charge on any atom is 0.295 e. The SMILES string of the molecule is CCCOc1ccc(/C(O)=C2\C(=O)C(=O)N(CCc3ccccc3)C2c2ccc(Br)cc2)cc1. The number of Topliss-reactive ketones (excluding diaryl/α,β-unsaturated/α-hetero) is 1. The summed E-state index contributed by atoms with van der Waals surface area (Å²) in [5.41, 5.74) is 2.40. The fourth-order valence-corrected chi connectivity index (χ4v) is 4.35. The van der Waals surface area contributed by atoms with Crippen LogP contribution in [0.2, 0.25) is 0 Å². The van der Waals surface area contributed by atoms with Crippen LogP contribution < -0.4 is 4.74 Å². The molecule has 1 heterocycles. The Morgan fingerprint density at radius 3 is 2.29 bits per heavy atom. The number of ketones is 1. The molecule has 1 atom stereocenters. The molecule has 1 aliphatic rings. The lowest BCUT2D eigenvalue weighted by Crippen LogP contribution is -2.31. The largest absolute Gasteiger partial charge is 0.507 e. The summed E-state index contributed by atoms with van der Waals surface area (Å²) in [4.78, 5) is 27.8. The molecule has 0 radical (unpaired) electrons. The first kappa shape index (κ1) is 23.8. The van der Waals surface area contributed by atoms with Crippen LogP contribution >= 0.6 is 15.9 Å². The van der Waals surface area contributed by atoms with E-state index in [0.29, 0.717) is 30.9 Å². The van der Waals surface area contributed by atoms with Gasteiger partial charge >= 0.3 is 0 Å². The minimum atomic E-state index is -0.676. The van der Waals surface area contributed by atoms with Gasteiger partial charge in [-0.3, -0.25) is 9.59 Å². The van der Waals surface area contributed by atoms with Gasteiger partial charge in [0.25, 0.3) is 11.7 Å². The minimum Gasteiger partial charge on any atom is -0.507 e. The van der Waals surface area contributed by atoms with Crippen LogP contribution in [-0.4, -0.2) is 34.8 Å². The highest BCUT2D eigenvalue weighted by Gasteiger charge is 2.45. The van der Waals surface area contributed by atoms with Gasteiger partial charge in [0.2, 0.25) is 0 Å². The van der Waals surface area contributed by atoms with E-state index < -0.39 is 17.7 Å². The number of carbonyl (C=O) groups excluding carboxylic acids is 2. The van der Waals surface area contributed by atoms with Gasteiger partial charge in [-0.1, -0.05) is 65.3 Å². The summed E-state index contributed by atoms with van der Waals surface area (Å²) in [5, 5.41) is 11.2. The summed E-state index contributed by atoms with van der Waals surface area (Å²) in [6.07, 6.45) is 1.49. The van der Waals surface area contributed by atoms with Crippen LogP contribution in [0.25, 0.3) is 5.76 Å². The molecule has 1 N–H and O–H groups in total. The van der Waals surface area contributed by atoms with E-state index in [1.165, 1.54) is 0 Å². The molecular formula is C28H26BrNO4. The van der Waals surface area contributed by atoms with Crippen molar-refractivity contribution in [1.82, 2.24) is 4.90 Å². The van der Waals surface area contributed by atoms with Crippen LogP contribution in [0.15, 0.2) is 88.9 Å². The van der Waals surface area contributed by atoms with Crippen molar-refractivity contribution in [3.8, 4) is 5.75 Å². The van der Waals surface area contributed by atoms with Crippen molar-refractivity contribution in [2.24, 2.45) is 0 Å². The summed E-state index contributed by atoms with van der Waals surface area (Å²) >= 11 is 3.44. The molecule has 0 saturated carbocycles. The van der Waals surface area contributed by atoms with Gasteiger partial charge in [0.15, 0.2) is 0 Å². The van der Waals surface area contributed by atoms with E-state index >= 15 is 0 Å². The lowest BCUT2D eigenvalue weighted by atomic mass is 9.95. The third kappa shape index (κ3) is 5.07. The number of halogens is 1. The monoisotopic (exact) mass is 519 g/mol. The summed E-state index contributed by atoms with van der Waals surface area (Å²) in [5.74, 6) is -0.778. The Morgan fingerprint density at radius 1 is 0.971 bits per heavy atom. The molecule has 0 spiro atoms. The van der Waals surface area contributed by atoms with Crippen molar-refractivity contribution in [2.75, 3.05) is 13.2 Å². The number of aliphatic hydroxyl groups excluding tert-OH is 1. The molecule has 3 aromatic carbocycles. The van der Waals surface area contributed by atoms with Gasteiger partial charge in [-0.2, -0.15) is 0 Å². The van der Waals surface area contributed by atoms with E-state index in [-0.39, 0.29) is 11.3 Å². The molecule has 1 unspecified atom stereocenters. The molecule has 3 aromatic rings. The number of hydrogen-bond acceptors (Lipinski definition) is 4. The molecule has 0 bridgehead atoms. The Morgan fingerprint density at radius 2 is 1.65 bits per heavy atom. The number of amides is 1. The summed E-state index contributed by atoms with van der Waals surface area (Å²) in [6.45, 7) is 2.98. The predicted octanol–water partition coefficient (Wildman–Crippen LogP) is 5.90. The van der Waals surface area contributed by atoms with Crippen LogP contribution in [-0.2, 0) is 16.0 Å². The van der Waals surface area contributed by atoms with Gasteiger partial charge in [0.05, 0.1) is 18.2 Å². The van der Waals surface area contributed by atoms with E-state index in [4.69, 9.17) is 4.74 Å². The zero-order valence-corrected chi connectivity index (χ0v) is 20.5. The molecule has 1 saturated heterocycles. The van der Waals surface area contributed by atoms with Gasteiger partial charge in [-0.05, 0) is 60.4 Å². The highest BCUT2D eigenvalue weighted by Crippen LogP contribution is 2.40. The normalized spacial score (nSPS) is 17.2. The quantitative estimate of drug-likeness (QED) is 0.228. The van der Waals surface area contributed by atoms with E-state index in [2.05, 4.69) is 15.9 Å². The second-order valence-corrected chi connectivity index (χ2v) is 9.07. The molecule has 34 heavy (non-hydrogen) atoms. The fourth-order valence-electron chi connectivity index (χ4n) is 4.08. The van der Waals surface area contributed by atoms with Gasteiger partial charge in [-0.25, -0.2) is 0 Å². The highest BCUT2D eigenvalue weighted by atomic mass is 79.9. The predicted molar refractivity (Wildman–Crippen MR) is 136 cm³/mol. The van der Waals surface area contributed by atoms with Crippen molar-refractivity contribution in [2.45, 2.75) is 25.8 Å². The van der Waals surface area contributed by atoms with Gasteiger partial charge in [0.1, 0.15) is 11.5 Å². The highest BCUT2D eigenvalue weighted by molar-refractivity contribution is 9.10. The Hall–Kier alpha value is -3.38.